The maximum absolute atomic E-state index is 13.3. The summed E-state index contributed by atoms with van der Waals surface area (Å²) in [6, 6.07) is 9.94. The summed E-state index contributed by atoms with van der Waals surface area (Å²) in [5.41, 5.74) is -1.47. The summed E-state index contributed by atoms with van der Waals surface area (Å²) < 4.78 is 67.0. The summed E-state index contributed by atoms with van der Waals surface area (Å²) in [6.07, 6.45) is -1.28. The van der Waals surface area contributed by atoms with Gasteiger partial charge in [0.1, 0.15) is 6.54 Å². The Labute approximate surface area is 177 Å². The summed E-state index contributed by atoms with van der Waals surface area (Å²) in [7, 11) is -4.30. The number of anilines is 1. The standard InChI is InChI=1S/C20H20ClF3N2O3S/c21-18-11-10-15(12-17(18)20(22,23)24)26(13-19(27)25-14-6-4-5-7-14)30(28,29)16-8-2-1-3-9-16/h1-3,8-12,14H,4-7,13H2,(H,25,27). The molecule has 0 atom stereocenters. The Kier molecular flexibility index (Phi) is 6.62. The average Bonchev–Trinajstić information content (AvgIpc) is 3.19. The molecule has 0 aromatic heterocycles. The van der Waals surface area contributed by atoms with Crippen molar-refractivity contribution >= 4 is 33.2 Å². The zero-order valence-corrected chi connectivity index (χ0v) is 17.4. The first kappa shape index (κ1) is 22.4. The molecule has 0 bridgehead atoms. The van der Waals surface area contributed by atoms with Crippen LogP contribution in [0.3, 0.4) is 0 Å². The molecule has 1 fully saturated rings. The third kappa shape index (κ3) is 5.07. The van der Waals surface area contributed by atoms with E-state index in [1.54, 1.807) is 6.07 Å². The van der Waals surface area contributed by atoms with Gasteiger partial charge in [0, 0.05) is 6.04 Å². The smallest absolute Gasteiger partial charge is 0.352 e. The number of hydrogen-bond donors (Lipinski definition) is 1. The number of carbonyl (C=O) groups excluding carboxylic acids is 1. The van der Waals surface area contributed by atoms with Crippen LogP contribution in [0.15, 0.2) is 53.4 Å². The molecule has 2 aromatic carbocycles. The number of hydrogen-bond acceptors (Lipinski definition) is 3. The lowest BCUT2D eigenvalue weighted by Gasteiger charge is -2.26. The van der Waals surface area contributed by atoms with Crippen LogP contribution >= 0.6 is 11.6 Å². The normalized spacial score (nSPS) is 15.2. The number of alkyl halides is 3. The summed E-state index contributed by atoms with van der Waals surface area (Å²) in [5.74, 6) is -0.579. The third-order valence-electron chi connectivity index (χ3n) is 4.88. The minimum absolute atomic E-state index is 0.0604. The average molecular weight is 461 g/mol. The van der Waals surface area contributed by atoms with Crippen LogP contribution in [-0.2, 0) is 21.0 Å². The first-order valence-electron chi connectivity index (χ1n) is 9.33. The van der Waals surface area contributed by atoms with Crippen LogP contribution in [0, 0.1) is 0 Å². The molecule has 1 N–H and O–H groups in total. The van der Waals surface area contributed by atoms with E-state index < -0.39 is 39.2 Å². The van der Waals surface area contributed by atoms with E-state index >= 15 is 0 Å². The lowest BCUT2D eigenvalue weighted by molar-refractivity contribution is -0.137. The van der Waals surface area contributed by atoms with Gasteiger partial charge >= 0.3 is 6.18 Å². The van der Waals surface area contributed by atoms with E-state index in [9.17, 15) is 26.4 Å². The predicted octanol–water partition coefficient (Wildman–Crippen LogP) is 4.61. The highest BCUT2D eigenvalue weighted by Crippen LogP contribution is 2.38. The molecule has 1 aliphatic rings. The highest BCUT2D eigenvalue weighted by atomic mass is 35.5. The van der Waals surface area contributed by atoms with Gasteiger partial charge in [-0.1, -0.05) is 42.6 Å². The van der Waals surface area contributed by atoms with E-state index in [0.717, 1.165) is 37.8 Å². The number of benzene rings is 2. The zero-order valence-electron chi connectivity index (χ0n) is 15.8. The topological polar surface area (TPSA) is 66.5 Å². The monoisotopic (exact) mass is 460 g/mol. The van der Waals surface area contributed by atoms with Crippen LogP contribution in [0.2, 0.25) is 5.02 Å². The van der Waals surface area contributed by atoms with Crippen molar-refractivity contribution in [1.29, 1.82) is 0 Å². The molecule has 30 heavy (non-hydrogen) atoms. The Morgan fingerprint density at radius 2 is 1.73 bits per heavy atom. The van der Waals surface area contributed by atoms with Crippen LogP contribution < -0.4 is 9.62 Å². The van der Waals surface area contributed by atoms with Gasteiger partial charge in [0.15, 0.2) is 0 Å². The van der Waals surface area contributed by atoms with Crippen molar-refractivity contribution < 1.29 is 26.4 Å². The van der Waals surface area contributed by atoms with E-state index in [4.69, 9.17) is 11.6 Å². The van der Waals surface area contributed by atoms with Gasteiger partial charge in [-0.25, -0.2) is 8.42 Å². The Hall–Kier alpha value is -2.26. The van der Waals surface area contributed by atoms with E-state index in [0.29, 0.717) is 10.4 Å². The molecule has 1 saturated carbocycles. The fourth-order valence-electron chi connectivity index (χ4n) is 3.39. The molecule has 0 spiro atoms. The van der Waals surface area contributed by atoms with Crippen LogP contribution in [0.25, 0.3) is 0 Å². The van der Waals surface area contributed by atoms with E-state index in [-0.39, 0.29) is 16.6 Å². The predicted molar refractivity (Wildman–Crippen MR) is 108 cm³/mol. The number of nitrogens with one attached hydrogen (secondary N) is 1. The van der Waals surface area contributed by atoms with Gasteiger partial charge in [-0.2, -0.15) is 13.2 Å². The van der Waals surface area contributed by atoms with Gasteiger partial charge in [0.25, 0.3) is 10.0 Å². The number of nitrogens with zero attached hydrogens (tertiary/aromatic N) is 1. The number of rotatable bonds is 6. The molecular weight excluding hydrogens is 441 g/mol. The minimum atomic E-state index is -4.78. The van der Waals surface area contributed by atoms with Crippen molar-refractivity contribution in [2.75, 3.05) is 10.8 Å². The van der Waals surface area contributed by atoms with Gasteiger partial charge < -0.3 is 5.32 Å². The molecular formula is C20H20ClF3N2O3S. The maximum atomic E-state index is 13.3. The molecule has 0 saturated heterocycles. The summed E-state index contributed by atoms with van der Waals surface area (Å²) >= 11 is 5.67. The number of halogens is 4. The van der Waals surface area contributed by atoms with Crippen LogP contribution in [0.5, 0.6) is 0 Å². The largest absolute Gasteiger partial charge is 0.417 e. The van der Waals surface area contributed by atoms with Crippen LogP contribution in [0.1, 0.15) is 31.2 Å². The zero-order chi connectivity index (χ0) is 21.9. The molecule has 10 heteroatoms. The molecule has 1 aliphatic carbocycles. The van der Waals surface area contributed by atoms with Crippen molar-refractivity contribution in [3.63, 3.8) is 0 Å². The first-order chi connectivity index (χ1) is 14.1. The Morgan fingerprint density at radius 1 is 1.10 bits per heavy atom. The molecule has 0 heterocycles. The Morgan fingerprint density at radius 3 is 2.33 bits per heavy atom. The SMILES string of the molecule is O=C(CN(c1ccc(Cl)c(C(F)(F)F)c1)S(=O)(=O)c1ccccc1)NC1CCCC1. The van der Waals surface area contributed by atoms with Crippen molar-refractivity contribution in [2.24, 2.45) is 0 Å². The van der Waals surface area contributed by atoms with E-state index in [1.165, 1.54) is 24.3 Å². The molecule has 162 valence electrons. The summed E-state index contributed by atoms with van der Waals surface area (Å²) in [5, 5.41) is 2.21. The fraction of sp³-hybridized carbons (Fsp3) is 0.350. The molecule has 0 radical (unpaired) electrons. The second-order valence-electron chi connectivity index (χ2n) is 7.04. The molecule has 0 unspecified atom stereocenters. The van der Waals surface area contributed by atoms with Gasteiger partial charge in [-0.05, 0) is 43.2 Å². The molecule has 0 aliphatic heterocycles. The summed E-state index contributed by atoms with van der Waals surface area (Å²) in [6.45, 7) is -0.646. The van der Waals surface area contributed by atoms with Crippen molar-refractivity contribution in [1.82, 2.24) is 5.32 Å². The number of sulfonamides is 1. The highest BCUT2D eigenvalue weighted by Gasteiger charge is 2.35. The molecule has 5 nitrogen and oxygen atoms in total. The van der Waals surface area contributed by atoms with Gasteiger partial charge in [0.2, 0.25) is 5.91 Å². The number of carbonyl (C=O) groups is 1. The lowest BCUT2D eigenvalue weighted by atomic mass is 10.2. The Bertz CT molecular complexity index is 1010. The lowest BCUT2D eigenvalue weighted by Crippen LogP contribution is -2.43. The van der Waals surface area contributed by atoms with Crippen molar-refractivity contribution in [3.05, 3.63) is 59.1 Å². The highest BCUT2D eigenvalue weighted by molar-refractivity contribution is 7.92. The Balaban J connectivity index is 2.00. The molecule has 3 rings (SSSR count). The molecule has 2 aromatic rings. The quantitative estimate of drug-likeness (QED) is 0.684. The molecule has 1 amide bonds. The van der Waals surface area contributed by atoms with Gasteiger partial charge in [-0.3, -0.25) is 9.10 Å². The number of amides is 1. The second-order valence-corrected chi connectivity index (χ2v) is 9.31. The minimum Gasteiger partial charge on any atom is -0.352 e. The maximum Gasteiger partial charge on any atom is 0.417 e. The first-order valence-corrected chi connectivity index (χ1v) is 11.1. The van der Waals surface area contributed by atoms with Crippen molar-refractivity contribution in [2.45, 2.75) is 42.8 Å². The van der Waals surface area contributed by atoms with Gasteiger partial charge in [-0.15, -0.1) is 0 Å². The third-order valence-corrected chi connectivity index (χ3v) is 7.00. The van der Waals surface area contributed by atoms with Crippen LogP contribution in [-0.4, -0.2) is 26.9 Å². The van der Waals surface area contributed by atoms with E-state index in [1.807, 2.05) is 0 Å². The second kappa shape index (κ2) is 8.85. The van der Waals surface area contributed by atoms with Crippen molar-refractivity contribution in [3.8, 4) is 0 Å². The van der Waals surface area contributed by atoms with Crippen LogP contribution in [0.4, 0.5) is 18.9 Å². The van der Waals surface area contributed by atoms with E-state index in [2.05, 4.69) is 5.32 Å². The summed E-state index contributed by atoms with van der Waals surface area (Å²) in [4.78, 5) is 12.4. The fourth-order valence-corrected chi connectivity index (χ4v) is 5.05. The van der Waals surface area contributed by atoms with Gasteiger partial charge in [0.05, 0.1) is 21.2 Å².